The van der Waals surface area contributed by atoms with Crippen molar-refractivity contribution in [2.75, 3.05) is 18.4 Å². The number of imidazole rings is 1. The average molecular weight is 613 g/mol. The van der Waals surface area contributed by atoms with Crippen molar-refractivity contribution in [2.45, 2.75) is 52.1 Å². The van der Waals surface area contributed by atoms with E-state index in [-0.39, 0.29) is 23.2 Å². The van der Waals surface area contributed by atoms with Gasteiger partial charge in [-0.1, -0.05) is 18.2 Å². The van der Waals surface area contributed by atoms with Crippen LogP contribution in [0.15, 0.2) is 60.9 Å². The SMILES string of the molecule is Cc1nc2c(F)cc(-c3nc(Nc4ccc(C5CCN(Cc6ccc(C(=O)NO)cc6)CC5)cn4)ncc3F)cc2n1C(C)C. The first kappa shape index (κ1) is 30.2. The van der Waals surface area contributed by atoms with Crippen molar-refractivity contribution in [3.63, 3.8) is 0 Å². The van der Waals surface area contributed by atoms with Gasteiger partial charge >= 0.3 is 0 Å². The van der Waals surface area contributed by atoms with Crippen molar-refractivity contribution in [1.82, 2.24) is 34.9 Å². The number of piperidine rings is 1. The first-order valence-electron chi connectivity index (χ1n) is 14.9. The number of hydrogen-bond donors (Lipinski definition) is 3. The Kier molecular flexibility index (Phi) is 8.50. The van der Waals surface area contributed by atoms with Crippen LogP contribution in [0.5, 0.6) is 0 Å². The molecule has 0 unspecified atom stereocenters. The monoisotopic (exact) mass is 612 g/mol. The normalized spacial score (nSPS) is 14.3. The maximum Gasteiger partial charge on any atom is 0.274 e. The molecule has 10 nitrogen and oxygen atoms in total. The molecule has 0 atom stereocenters. The standard InChI is InChI=1S/C33H34F2N8O2/c1-19(2)43-20(3)38-31-26(34)14-25(15-28(31)43)30-27(35)17-37-33(40-30)39-29-9-8-24(16-36-29)22-10-12-42(13-11-22)18-21-4-6-23(7-5-21)32(44)41-45/h4-9,14-17,19,22,45H,10-13,18H2,1-3H3,(H,41,44)(H,36,37,39,40). The molecule has 1 saturated heterocycles. The first-order valence-corrected chi connectivity index (χ1v) is 14.9. The minimum absolute atomic E-state index is 0.0163. The summed E-state index contributed by atoms with van der Waals surface area (Å²) in [6.45, 7) is 8.44. The van der Waals surface area contributed by atoms with E-state index in [1.54, 1.807) is 23.7 Å². The fraction of sp³-hybridized carbons (Fsp3) is 0.303. The van der Waals surface area contributed by atoms with Gasteiger partial charge in [0.15, 0.2) is 11.6 Å². The lowest BCUT2D eigenvalue weighted by Crippen LogP contribution is -2.32. The highest BCUT2D eigenvalue weighted by molar-refractivity contribution is 5.93. The van der Waals surface area contributed by atoms with Crippen LogP contribution in [-0.4, -0.2) is 53.6 Å². The number of carbonyl (C=O) groups is 1. The Labute approximate surface area is 259 Å². The summed E-state index contributed by atoms with van der Waals surface area (Å²) in [7, 11) is 0. The highest BCUT2D eigenvalue weighted by atomic mass is 19.1. The molecule has 1 fully saturated rings. The van der Waals surface area contributed by atoms with Gasteiger partial charge in [0.25, 0.3) is 5.91 Å². The predicted molar refractivity (Wildman–Crippen MR) is 166 cm³/mol. The molecule has 0 saturated carbocycles. The van der Waals surface area contributed by atoms with Gasteiger partial charge < -0.3 is 9.88 Å². The molecular weight excluding hydrogens is 578 g/mol. The molecule has 1 amide bonds. The second kappa shape index (κ2) is 12.7. The Balaban J connectivity index is 1.10. The highest BCUT2D eigenvalue weighted by Gasteiger charge is 2.22. The number of rotatable bonds is 8. The van der Waals surface area contributed by atoms with Crippen molar-refractivity contribution < 1.29 is 18.8 Å². The molecule has 4 heterocycles. The number of aryl methyl sites for hydroxylation is 1. The summed E-state index contributed by atoms with van der Waals surface area (Å²) in [5.41, 5.74) is 5.41. The molecule has 0 bridgehead atoms. The predicted octanol–water partition coefficient (Wildman–Crippen LogP) is 6.30. The van der Waals surface area contributed by atoms with Crippen LogP contribution < -0.4 is 10.8 Å². The van der Waals surface area contributed by atoms with Crippen LogP contribution in [0, 0.1) is 18.6 Å². The molecule has 0 aliphatic carbocycles. The van der Waals surface area contributed by atoms with Crippen LogP contribution in [0.4, 0.5) is 20.5 Å². The second-order valence-electron chi connectivity index (χ2n) is 11.6. The summed E-state index contributed by atoms with van der Waals surface area (Å²) in [5, 5.41) is 11.8. The van der Waals surface area contributed by atoms with Crippen LogP contribution >= 0.6 is 0 Å². The van der Waals surface area contributed by atoms with Crippen molar-refractivity contribution in [3.8, 4) is 11.3 Å². The third-order valence-electron chi connectivity index (χ3n) is 8.27. The van der Waals surface area contributed by atoms with Gasteiger partial charge in [0.1, 0.15) is 22.9 Å². The number of hydrogen-bond acceptors (Lipinski definition) is 8. The number of halogens is 2. The Bertz CT molecular complexity index is 1830. The van der Waals surface area contributed by atoms with E-state index in [1.165, 1.54) is 6.07 Å². The summed E-state index contributed by atoms with van der Waals surface area (Å²) in [5.74, 6) is 0.000794. The molecule has 5 aromatic rings. The Morgan fingerprint density at radius 2 is 1.76 bits per heavy atom. The number of nitrogens with zero attached hydrogens (tertiary/aromatic N) is 6. The molecule has 6 rings (SSSR count). The molecule has 0 radical (unpaired) electrons. The molecule has 3 N–H and O–H groups in total. The molecular formula is C33H34F2N8O2. The van der Waals surface area contributed by atoms with E-state index in [9.17, 15) is 9.18 Å². The highest BCUT2D eigenvalue weighted by Crippen LogP contribution is 2.31. The quantitative estimate of drug-likeness (QED) is 0.138. The molecule has 0 spiro atoms. The second-order valence-corrected chi connectivity index (χ2v) is 11.6. The molecule has 232 valence electrons. The van der Waals surface area contributed by atoms with E-state index in [4.69, 9.17) is 5.21 Å². The maximum atomic E-state index is 15.0. The van der Waals surface area contributed by atoms with Gasteiger partial charge in [-0.25, -0.2) is 34.2 Å². The number of pyridine rings is 1. The topological polar surface area (TPSA) is 121 Å². The number of likely N-dealkylation sites (tertiary alicyclic amines) is 1. The fourth-order valence-corrected chi connectivity index (χ4v) is 6.03. The van der Waals surface area contributed by atoms with Crippen LogP contribution in [0.2, 0.25) is 0 Å². The number of anilines is 2. The van der Waals surface area contributed by atoms with E-state index in [1.807, 2.05) is 55.8 Å². The van der Waals surface area contributed by atoms with Crippen LogP contribution in [0.3, 0.4) is 0 Å². The summed E-state index contributed by atoms with van der Waals surface area (Å²) in [6, 6.07) is 14.1. The number of benzene rings is 2. The lowest BCUT2D eigenvalue weighted by atomic mass is 9.90. The lowest BCUT2D eigenvalue weighted by Gasteiger charge is -2.32. The van der Waals surface area contributed by atoms with E-state index in [2.05, 4.69) is 30.2 Å². The Morgan fingerprint density at radius 3 is 2.42 bits per heavy atom. The Hall–Kier alpha value is -4.81. The van der Waals surface area contributed by atoms with E-state index in [0.717, 1.165) is 49.8 Å². The lowest BCUT2D eigenvalue weighted by molar-refractivity contribution is 0.0706. The van der Waals surface area contributed by atoms with Crippen molar-refractivity contribution >= 4 is 28.7 Å². The van der Waals surface area contributed by atoms with Crippen LogP contribution in [0.25, 0.3) is 22.3 Å². The van der Waals surface area contributed by atoms with E-state index < -0.39 is 17.5 Å². The van der Waals surface area contributed by atoms with Gasteiger partial charge in [-0.05, 0) is 94.1 Å². The largest absolute Gasteiger partial charge is 0.326 e. The van der Waals surface area contributed by atoms with E-state index in [0.29, 0.717) is 34.2 Å². The van der Waals surface area contributed by atoms with Gasteiger partial charge in [0.2, 0.25) is 5.95 Å². The molecule has 12 heteroatoms. The van der Waals surface area contributed by atoms with Gasteiger partial charge in [0, 0.05) is 29.9 Å². The zero-order valence-corrected chi connectivity index (χ0v) is 25.3. The summed E-state index contributed by atoms with van der Waals surface area (Å²) in [4.78, 5) is 31.3. The zero-order chi connectivity index (χ0) is 31.7. The number of hydroxylamine groups is 1. The maximum absolute atomic E-state index is 15.0. The van der Waals surface area contributed by atoms with Gasteiger partial charge in [-0.15, -0.1) is 0 Å². The first-order chi connectivity index (χ1) is 21.7. The number of amides is 1. The van der Waals surface area contributed by atoms with Gasteiger partial charge in [-0.3, -0.25) is 14.9 Å². The number of fused-ring (bicyclic) bond motifs is 1. The van der Waals surface area contributed by atoms with Crippen molar-refractivity contribution in [2.24, 2.45) is 0 Å². The summed E-state index contributed by atoms with van der Waals surface area (Å²) >= 11 is 0. The molecule has 1 aliphatic heterocycles. The number of carbonyl (C=O) groups excluding carboxylic acids is 1. The van der Waals surface area contributed by atoms with Crippen molar-refractivity contribution in [1.29, 1.82) is 0 Å². The Morgan fingerprint density at radius 1 is 1.00 bits per heavy atom. The summed E-state index contributed by atoms with van der Waals surface area (Å²) in [6.07, 6.45) is 4.89. The van der Waals surface area contributed by atoms with E-state index >= 15 is 4.39 Å². The molecule has 1 aliphatic rings. The molecule has 3 aromatic heterocycles. The van der Waals surface area contributed by atoms with Gasteiger partial charge in [0.05, 0.1) is 11.7 Å². The molecule has 2 aromatic carbocycles. The van der Waals surface area contributed by atoms with Crippen molar-refractivity contribution in [3.05, 3.63) is 95.1 Å². The molecule has 45 heavy (non-hydrogen) atoms. The smallest absolute Gasteiger partial charge is 0.274 e. The minimum Gasteiger partial charge on any atom is -0.326 e. The number of nitrogens with one attached hydrogen (secondary N) is 2. The van der Waals surface area contributed by atoms with Crippen LogP contribution in [0.1, 0.15) is 66.0 Å². The average Bonchev–Trinajstić information content (AvgIpc) is 3.39. The zero-order valence-electron chi connectivity index (χ0n) is 25.3. The van der Waals surface area contributed by atoms with Gasteiger partial charge in [-0.2, -0.15) is 0 Å². The van der Waals surface area contributed by atoms with Crippen LogP contribution in [-0.2, 0) is 6.54 Å². The third-order valence-corrected chi connectivity index (χ3v) is 8.27. The third kappa shape index (κ3) is 6.38. The number of aromatic nitrogens is 5. The minimum atomic E-state index is -0.660. The fourth-order valence-electron chi connectivity index (χ4n) is 6.03. The summed E-state index contributed by atoms with van der Waals surface area (Å²) < 4.78 is 31.9.